The van der Waals surface area contributed by atoms with Crippen molar-refractivity contribution in [2.24, 2.45) is 0 Å². The van der Waals surface area contributed by atoms with Gasteiger partial charge in [-0.25, -0.2) is 0 Å². The van der Waals surface area contributed by atoms with Gasteiger partial charge in [-0.2, -0.15) is 18.3 Å². The Labute approximate surface area is 153 Å². The van der Waals surface area contributed by atoms with Gasteiger partial charge in [0.15, 0.2) is 6.10 Å². The summed E-state index contributed by atoms with van der Waals surface area (Å²) >= 11 is 0. The number of benzene rings is 1. The van der Waals surface area contributed by atoms with Crippen LogP contribution in [0.2, 0.25) is 0 Å². The fourth-order valence-corrected chi connectivity index (χ4v) is 2.62. The lowest BCUT2D eigenvalue weighted by Crippen LogP contribution is -2.29. The van der Waals surface area contributed by atoms with Crippen LogP contribution < -0.4 is 10.6 Å². The van der Waals surface area contributed by atoms with E-state index in [-0.39, 0.29) is 24.5 Å². The number of carbonyl (C=O) groups is 1. The first-order valence-corrected chi connectivity index (χ1v) is 7.74. The Bertz CT molecular complexity index is 738. The summed E-state index contributed by atoms with van der Waals surface area (Å²) in [6.45, 7) is 2.41. The molecule has 0 aliphatic carbocycles. The maximum Gasteiger partial charge on any atom is 0.416 e. The fraction of sp³-hybridized carbons (Fsp3) is 0.375. The highest BCUT2D eigenvalue weighted by Gasteiger charge is 2.30. The van der Waals surface area contributed by atoms with E-state index in [0.29, 0.717) is 12.2 Å². The fourth-order valence-electron chi connectivity index (χ4n) is 2.62. The van der Waals surface area contributed by atoms with Gasteiger partial charge >= 0.3 is 6.18 Å². The Balaban J connectivity index is 0.00000243. The van der Waals surface area contributed by atoms with Crippen molar-refractivity contribution >= 4 is 18.3 Å². The topological polar surface area (TPSA) is 79.2 Å². The number of alkyl halides is 3. The van der Waals surface area contributed by atoms with Gasteiger partial charge in [-0.15, -0.1) is 12.4 Å². The number of halogens is 4. The molecular weight excluding hydrogens is 373 g/mol. The van der Waals surface area contributed by atoms with Crippen LogP contribution in [0.3, 0.4) is 0 Å². The zero-order chi connectivity index (χ0) is 18.0. The van der Waals surface area contributed by atoms with Gasteiger partial charge in [0.25, 0.3) is 5.91 Å². The summed E-state index contributed by atoms with van der Waals surface area (Å²) in [5.74, 6) is -0.691. The van der Waals surface area contributed by atoms with Crippen molar-refractivity contribution in [2.45, 2.75) is 31.9 Å². The molecule has 142 valence electrons. The molecule has 10 heteroatoms. The molecule has 0 bridgehead atoms. The molecule has 2 aromatic rings. The number of rotatable bonds is 4. The van der Waals surface area contributed by atoms with Crippen molar-refractivity contribution < 1.29 is 23.1 Å². The SMILES string of the molecule is Cl.O=C(NCc1cc2n(n1)CCNC2)C(O)c1ccc(C(F)(F)F)cc1. The second-order valence-corrected chi connectivity index (χ2v) is 5.77. The van der Waals surface area contributed by atoms with E-state index in [4.69, 9.17) is 0 Å². The number of aromatic nitrogens is 2. The third-order valence-electron chi connectivity index (χ3n) is 3.97. The minimum absolute atomic E-state index is 0. The third-order valence-corrected chi connectivity index (χ3v) is 3.97. The molecule has 1 aliphatic heterocycles. The van der Waals surface area contributed by atoms with Crippen molar-refractivity contribution in [1.29, 1.82) is 0 Å². The van der Waals surface area contributed by atoms with Crippen molar-refractivity contribution in [2.75, 3.05) is 6.54 Å². The predicted octanol–water partition coefficient (Wildman–Crippen LogP) is 1.78. The third kappa shape index (κ3) is 4.54. The van der Waals surface area contributed by atoms with Gasteiger partial charge in [0.1, 0.15) is 0 Å². The van der Waals surface area contributed by atoms with E-state index in [2.05, 4.69) is 15.7 Å². The number of hydrogen-bond donors (Lipinski definition) is 3. The highest BCUT2D eigenvalue weighted by molar-refractivity contribution is 5.85. The van der Waals surface area contributed by atoms with Gasteiger partial charge in [0, 0.05) is 13.1 Å². The molecule has 0 saturated carbocycles. The van der Waals surface area contributed by atoms with Crippen molar-refractivity contribution in [3.8, 4) is 0 Å². The largest absolute Gasteiger partial charge is 0.416 e. The van der Waals surface area contributed by atoms with Crippen LogP contribution in [0.5, 0.6) is 0 Å². The van der Waals surface area contributed by atoms with E-state index in [1.807, 2.05) is 10.7 Å². The zero-order valence-corrected chi connectivity index (χ0v) is 14.4. The molecule has 1 aromatic carbocycles. The molecule has 1 aliphatic rings. The summed E-state index contributed by atoms with van der Waals surface area (Å²) in [5.41, 5.74) is 0.936. The van der Waals surface area contributed by atoms with E-state index in [1.165, 1.54) is 0 Å². The molecule has 0 saturated heterocycles. The predicted molar refractivity (Wildman–Crippen MR) is 89.4 cm³/mol. The van der Waals surface area contributed by atoms with Crippen LogP contribution in [-0.2, 0) is 30.6 Å². The Hall–Kier alpha value is -2.10. The molecule has 1 atom stereocenters. The average molecular weight is 391 g/mol. The molecule has 0 fully saturated rings. The lowest BCUT2D eigenvalue weighted by Gasteiger charge is -2.13. The van der Waals surface area contributed by atoms with Gasteiger partial charge in [-0.3, -0.25) is 9.48 Å². The van der Waals surface area contributed by atoms with Crippen LogP contribution in [-0.4, -0.2) is 27.3 Å². The minimum Gasteiger partial charge on any atom is -0.378 e. The summed E-state index contributed by atoms with van der Waals surface area (Å²) < 4.78 is 39.4. The highest BCUT2D eigenvalue weighted by atomic mass is 35.5. The Morgan fingerprint density at radius 3 is 2.65 bits per heavy atom. The highest BCUT2D eigenvalue weighted by Crippen LogP contribution is 2.29. The first kappa shape index (κ1) is 20.2. The number of nitrogens with zero attached hydrogens (tertiary/aromatic N) is 2. The second kappa shape index (κ2) is 8.07. The number of aliphatic hydroxyl groups excluding tert-OH is 1. The average Bonchev–Trinajstić information content (AvgIpc) is 3.01. The number of aliphatic hydroxyl groups is 1. The lowest BCUT2D eigenvalue weighted by atomic mass is 10.1. The van der Waals surface area contributed by atoms with E-state index >= 15 is 0 Å². The molecule has 26 heavy (non-hydrogen) atoms. The lowest BCUT2D eigenvalue weighted by molar-refractivity contribution is -0.137. The molecule has 1 amide bonds. The van der Waals surface area contributed by atoms with Gasteiger partial charge in [-0.05, 0) is 23.8 Å². The van der Waals surface area contributed by atoms with Gasteiger partial charge in [0.05, 0.1) is 30.0 Å². The van der Waals surface area contributed by atoms with Crippen LogP contribution in [0, 0.1) is 0 Å². The van der Waals surface area contributed by atoms with Crippen LogP contribution >= 0.6 is 12.4 Å². The number of nitrogens with one attached hydrogen (secondary N) is 2. The van der Waals surface area contributed by atoms with E-state index < -0.39 is 23.8 Å². The molecule has 3 rings (SSSR count). The number of carbonyl (C=O) groups excluding carboxylic acids is 1. The van der Waals surface area contributed by atoms with Crippen molar-refractivity contribution in [1.82, 2.24) is 20.4 Å². The molecule has 3 N–H and O–H groups in total. The second-order valence-electron chi connectivity index (χ2n) is 5.77. The van der Waals surface area contributed by atoms with Gasteiger partial charge in [-0.1, -0.05) is 12.1 Å². The van der Waals surface area contributed by atoms with E-state index in [9.17, 15) is 23.1 Å². The van der Waals surface area contributed by atoms with Crippen molar-refractivity contribution in [3.63, 3.8) is 0 Å². The van der Waals surface area contributed by atoms with Crippen LogP contribution in [0.25, 0.3) is 0 Å². The molecule has 1 aromatic heterocycles. The number of amides is 1. The molecule has 6 nitrogen and oxygen atoms in total. The maximum atomic E-state index is 12.5. The summed E-state index contributed by atoms with van der Waals surface area (Å²) in [6.07, 6.45) is -6.00. The summed E-state index contributed by atoms with van der Waals surface area (Å²) in [6, 6.07) is 5.71. The molecule has 0 spiro atoms. The van der Waals surface area contributed by atoms with Gasteiger partial charge in [0.2, 0.25) is 0 Å². The Morgan fingerprint density at radius 1 is 1.35 bits per heavy atom. The molecule has 0 radical (unpaired) electrons. The monoisotopic (exact) mass is 390 g/mol. The van der Waals surface area contributed by atoms with Crippen LogP contribution in [0.4, 0.5) is 13.2 Å². The van der Waals surface area contributed by atoms with Gasteiger partial charge < -0.3 is 15.7 Å². The molecule has 2 heterocycles. The maximum absolute atomic E-state index is 12.5. The number of hydrogen-bond acceptors (Lipinski definition) is 4. The Morgan fingerprint density at radius 2 is 2.04 bits per heavy atom. The quantitative estimate of drug-likeness (QED) is 0.743. The first-order chi connectivity index (χ1) is 11.8. The van der Waals surface area contributed by atoms with E-state index in [1.54, 1.807) is 0 Å². The standard InChI is InChI=1S/C16H17F3N4O2.ClH/c17-16(18,19)11-3-1-10(2-4-11)14(24)15(25)21-8-12-7-13-9-20-5-6-23(13)22-12;/h1-4,7,14,20,24H,5-6,8-9H2,(H,21,25);1H. The summed E-state index contributed by atoms with van der Waals surface area (Å²) in [5, 5.41) is 20.1. The zero-order valence-electron chi connectivity index (χ0n) is 13.6. The smallest absolute Gasteiger partial charge is 0.378 e. The molecule has 1 unspecified atom stereocenters. The summed E-state index contributed by atoms with van der Waals surface area (Å²) in [7, 11) is 0. The van der Waals surface area contributed by atoms with E-state index in [0.717, 1.165) is 43.0 Å². The normalized spacial score (nSPS) is 14.9. The van der Waals surface area contributed by atoms with Crippen LogP contribution in [0.15, 0.2) is 30.3 Å². The van der Waals surface area contributed by atoms with Crippen LogP contribution in [0.1, 0.15) is 28.6 Å². The molecular formula is C16H18ClF3N4O2. The summed E-state index contributed by atoms with van der Waals surface area (Å²) in [4.78, 5) is 12.0. The first-order valence-electron chi connectivity index (χ1n) is 7.74. The Kier molecular flexibility index (Phi) is 6.27. The number of fused-ring (bicyclic) bond motifs is 1. The van der Waals surface area contributed by atoms with Crippen molar-refractivity contribution in [3.05, 3.63) is 52.8 Å². The minimum atomic E-state index is -4.46.